The number of nitrogens with two attached hydrogens (primary N) is 1. The first-order chi connectivity index (χ1) is 13.1. The van der Waals surface area contributed by atoms with E-state index in [1.54, 1.807) is 25.1 Å². The summed E-state index contributed by atoms with van der Waals surface area (Å²) in [7, 11) is -3.54. The Balaban J connectivity index is 2.41. The number of amides is 1. The van der Waals surface area contributed by atoms with Gasteiger partial charge in [0.15, 0.2) is 9.84 Å². The Morgan fingerprint density at radius 1 is 1.25 bits per heavy atom. The maximum absolute atomic E-state index is 12.5. The molecule has 0 aliphatic heterocycles. The number of sulfone groups is 1. The van der Waals surface area contributed by atoms with Crippen LogP contribution in [0.5, 0.6) is 0 Å². The summed E-state index contributed by atoms with van der Waals surface area (Å²) in [4.78, 5) is 27.1. The number of nitrogens with zero attached hydrogens (tertiary/aromatic N) is 1. The Morgan fingerprint density at radius 2 is 1.96 bits per heavy atom. The molecule has 8 nitrogen and oxygen atoms in total. The second-order valence-electron chi connectivity index (χ2n) is 6.32. The van der Waals surface area contributed by atoms with Gasteiger partial charge in [-0.25, -0.2) is 8.42 Å². The molecule has 9 heteroatoms. The number of nitriles is 1. The molecule has 1 aromatic heterocycles. The number of aromatic amines is 1. The number of anilines is 2. The zero-order valence-electron chi connectivity index (χ0n) is 15.0. The number of aromatic nitrogens is 1. The number of fused-ring (bicyclic) bond motifs is 1. The van der Waals surface area contributed by atoms with Crippen molar-refractivity contribution in [2.24, 2.45) is 5.73 Å². The fourth-order valence-corrected chi connectivity index (χ4v) is 3.65. The summed E-state index contributed by atoms with van der Waals surface area (Å²) in [6, 6.07) is 11.2. The van der Waals surface area contributed by atoms with Gasteiger partial charge in [0.25, 0.3) is 11.5 Å². The Morgan fingerprint density at radius 3 is 2.57 bits per heavy atom. The van der Waals surface area contributed by atoms with Crippen LogP contribution < -0.4 is 16.6 Å². The number of hydrogen-bond donors (Lipinski definition) is 3. The number of nitrogens with one attached hydrogen (secondary N) is 2. The average molecular weight is 396 g/mol. The molecule has 3 aromatic rings. The minimum Gasteiger partial charge on any atom is -0.365 e. The second kappa shape index (κ2) is 6.83. The SMILES string of the molecule is Cc1cc(S(C)(=O)=O)cc2c(Nc3cccc(C#N)c3)c(C(N)=O)c(=O)[nH]c12. The van der Waals surface area contributed by atoms with Crippen LogP contribution >= 0.6 is 0 Å². The summed E-state index contributed by atoms with van der Waals surface area (Å²) in [5.74, 6) is -0.968. The zero-order chi connectivity index (χ0) is 20.6. The van der Waals surface area contributed by atoms with E-state index >= 15 is 0 Å². The molecule has 0 saturated heterocycles. The van der Waals surface area contributed by atoms with Gasteiger partial charge in [-0.2, -0.15) is 5.26 Å². The van der Waals surface area contributed by atoms with Gasteiger partial charge in [0, 0.05) is 17.3 Å². The van der Waals surface area contributed by atoms with Crippen molar-refractivity contribution in [3.8, 4) is 6.07 Å². The van der Waals surface area contributed by atoms with Crippen molar-refractivity contribution in [3.63, 3.8) is 0 Å². The molecule has 2 aromatic carbocycles. The first-order valence-corrected chi connectivity index (χ1v) is 9.98. The number of carbonyl (C=O) groups is 1. The van der Waals surface area contributed by atoms with Crippen LogP contribution in [0.15, 0.2) is 46.1 Å². The quantitative estimate of drug-likeness (QED) is 0.614. The molecule has 0 spiro atoms. The number of benzene rings is 2. The molecule has 0 unspecified atom stereocenters. The highest BCUT2D eigenvalue weighted by Gasteiger charge is 2.21. The molecule has 142 valence electrons. The highest BCUT2D eigenvalue weighted by molar-refractivity contribution is 7.90. The van der Waals surface area contributed by atoms with E-state index in [4.69, 9.17) is 11.0 Å². The number of carbonyl (C=O) groups excluding carboxylic acids is 1. The Bertz CT molecular complexity index is 1330. The van der Waals surface area contributed by atoms with Gasteiger partial charge in [0.1, 0.15) is 5.56 Å². The first-order valence-electron chi connectivity index (χ1n) is 8.09. The molecule has 4 N–H and O–H groups in total. The van der Waals surface area contributed by atoms with Crippen molar-refractivity contribution in [2.75, 3.05) is 11.6 Å². The van der Waals surface area contributed by atoms with E-state index in [1.165, 1.54) is 18.2 Å². The van der Waals surface area contributed by atoms with Crippen LogP contribution in [0.4, 0.5) is 11.4 Å². The van der Waals surface area contributed by atoms with E-state index in [0.29, 0.717) is 27.7 Å². The standard InChI is InChI=1S/C19H16N4O4S/c1-10-6-13(28(2,26)27)8-14-16(10)23-19(25)15(18(21)24)17(14)22-12-5-3-4-11(7-12)9-20/h3-8H,1-2H3,(H2,21,24)(H2,22,23,25). The molecular formula is C19H16N4O4S. The van der Waals surface area contributed by atoms with Gasteiger partial charge in [0.05, 0.1) is 27.7 Å². The molecule has 0 radical (unpaired) electrons. The highest BCUT2D eigenvalue weighted by atomic mass is 32.2. The number of primary amides is 1. The number of aryl methyl sites for hydroxylation is 1. The lowest BCUT2D eigenvalue weighted by Crippen LogP contribution is -2.25. The lowest BCUT2D eigenvalue weighted by Gasteiger charge is -2.15. The van der Waals surface area contributed by atoms with E-state index in [9.17, 15) is 18.0 Å². The van der Waals surface area contributed by atoms with Gasteiger partial charge in [-0.3, -0.25) is 9.59 Å². The zero-order valence-corrected chi connectivity index (χ0v) is 15.8. The Hall–Kier alpha value is -3.64. The summed E-state index contributed by atoms with van der Waals surface area (Å²) >= 11 is 0. The molecule has 0 saturated carbocycles. The fourth-order valence-electron chi connectivity index (χ4n) is 2.93. The van der Waals surface area contributed by atoms with Crippen molar-refractivity contribution in [2.45, 2.75) is 11.8 Å². The van der Waals surface area contributed by atoms with Crippen LogP contribution in [-0.4, -0.2) is 25.6 Å². The lowest BCUT2D eigenvalue weighted by molar-refractivity contribution is 0.1000. The Labute approximate surface area is 160 Å². The molecule has 0 atom stereocenters. The molecule has 28 heavy (non-hydrogen) atoms. The van der Waals surface area contributed by atoms with E-state index in [2.05, 4.69) is 10.3 Å². The normalized spacial score (nSPS) is 11.2. The van der Waals surface area contributed by atoms with Gasteiger partial charge in [0.2, 0.25) is 0 Å². The third kappa shape index (κ3) is 3.45. The van der Waals surface area contributed by atoms with Crippen LogP contribution in [0.2, 0.25) is 0 Å². The molecule has 0 aliphatic carbocycles. The van der Waals surface area contributed by atoms with E-state index < -0.39 is 21.3 Å². The van der Waals surface area contributed by atoms with Crippen molar-refractivity contribution in [3.05, 3.63) is 63.4 Å². The maximum atomic E-state index is 12.5. The van der Waals surface area contributed by atoms with E-state index in [0.717, 1.165) is 6.26 Å². The van der Waals surface area contributed by atoms with Crippen molar-refractivity contribution in [1.29, 1.82) is 5.26 Å². The minimum absolute atomic E-state index is 0.0359. The van der Waals surface area contributed by atoms with Crippen LogP contribution in [0.1, 0.15) is 21.5 Å². The number of pyridine rings is 1. The van der Waals surface area contributed by atoms with Crippen LogP contribution in [0.25, 0.3) is 10.9 Å². The number of hydrogen-bond acceptors (Lipinski definition) is 6. The largest absolute Gasteiger partial charge is 0.365 e. The highest BCUT2D eigenvalue weighted by Crippen LogP contribution is 2.31. The third-order valence-electron chi connectivity index (χ3n) is 4.23. The van der Waals surface area contributed by atoms with Crippen LogP contribution in [0, 0.1) is 18.3 Å². The van der Waals surface area contributed by atoms with Gasteiger partial charge < -0.3 is 16.0 Å². The summed E-state index contributed by atoms with van der Waals surface area (Å²) in [6.45, 7) is 1.65. The predicted octanol–water partition coefficient (Wildman–Crippen LogP) is 1.95. The van der Waals surface area contributed by atoms with Crippen molar-refractivity contribution < 1.29 is 13.2 Å². The topological polar surface area (TPSA) is 146 Å². The summed E-state index contributed by atoms with van der Waals surface area (Å²) in [5.41, 5.74) is 6.15. The molecular weight excluding hydrogens is 380 g/mol. The van der Waals surface area contributed by atoms with Gasteiger partial charge in [-0.05, 0) is 42.8 Å². The summed E-state index contributed by atoms with van der Waals surface area (Å²) < 4.78 is 24.1. The summed E-state index contributed by atoms with van der Waals surface area (Å²) in [6.07, 6.45) is 1.07. The van der Waals surface area contributed by atoms with Gasteiger partial charge in [-0.1, -0.05) is 6.07 Å². The van der Waals surface area contributed by atoms with Gasteiger partial charge in [-0.15, -0.1) is 0 Å². The van der Waals surface area contributed by atoms with Crippen LogP contribution in [0.3, 0.4) is 0 Å². The molecule has 1 heterocycles. The predicted molar refractivity (Wildman–Crippen MR) is 105 cm³/mol. The average Bonchev–Trinajstić information content (AvgIpc) is 2.61. The molecule has 3 rings (SSSR count). The van der Waals surface area contributed by atoms with Crippen molar-refractivity contribution >= 4 is 38.0 Å². The van der Waals surface area contributed by atoms with E-state index in [1.807, 2.05) is 6.07 Å². The lowest BCUT2D eigenvalue weighted by atomic mass is 10.0. The minimum atomic E-state index is -3.54. The van der Waals surface area contributed by atoms with Gasteiger partial charge >= 0.3 is 0 Å². The smallest absolute Gasteiger partial charge is 0.263 e. The molecule has 0 bridgehead atoms. The van der Waals surface area contributed by atoms with Crippen LogP contribution in [-0.2, 0) is 9.84 Å². The second-order valence-corrected chi connectivity index (χ2v) is 8.34. The molecule has 0 aliphatic rings. The molecule has 0 fully saturated rings. The number of rotatable bonds is 4. The third-order valence-corrected chi connectivity index (χ3v) is 5.32. The monoisotopic (exact) mass is 396 g/mol. The first kappa shape index (κ1) is 19.1. The fraction of sp³-hybridized carbons (Fsp3) is 0.105. The van der Waals surface area contributed by atoms with Crippen molar-refractivity contribution in [1.82, 2.24) is 4.98 Å². The Kier molecular flexibility index (Phi) is 4.66. The molecule has 1 amide bonds. The number of H-pyrrole nitrogens is 1. The van der Waals surface area contributed by atoms with E-state index in [-0.39, 0.29) is 16.1 Å². The maximum Gasteiger partial charge on any atom is 0.263 e. The summed E-state index contributed by atoms with van der Waals surface area (Å²) in [5, 5.41) is 12.3.